The number of thiol groups is 1. The minimum Gasteiger partial charge on any atom is -0.480 e. The molecule has 3 rings (SSSR count). The molecule has 2 heterocycles. The Bertz CT molecular complexity index is 750. The van der Waals surface area contributed by atoms with Crippen LogP contribution >= 0.6 is 12.8 Å². The van der Waals surface area contributed by atoms with Crippen molar-refractivity contribution in [1.82, 2.24) is 18.9 Å². The quantitative estimate of drug-likeness (QED) is 0.466. The van der Waals surface area contributed by atoms with Gasteiger partial charge in [0.2, 0.25) is 5.88 Å². The minimum atomic E-state index is -0.642. The van der Waals surface area contributed by atoms with Gasteiger partial charge in [-0.2, -0.15) is 15.5 Å². The number of methoxy groups -OCH3 is 1. The number of quaternary nitrogens is 1. The molecule has 1 N–H and O–H groups in total. The van der Waals surface area contributed by atoms with Gasteiger partial charge in [0.15, 0.2) is 0 Å². The second kappa shape index (κ2) is 10.2. The molecule has 0 radical (unpaired) electrons. The SMILES string of the molecule is COc1cnc([N+](C)(O)S)cn1.N#Cc1cccc(CCN2CCCC2)c1. The van der Waals surface area contributed by atoms with Gasteiger partial charge >= 0.3 is 0 Å². The average molecular weight is 389 g/mol. The highest BCUT2D eigenvalue weighted by Gasteiger charge is 2.20. The van der Waals surface area contributed by atoms with E-state index >= 15 is 0 Å². The zero-order valence-electron chi connectivity index (χ0n) is 15.7. The van der Waals surface area contributed by atoms with Gasteiger partial charge in [0.05, 0.1) is 24.9 Å². The van der Waals surface area contributed by atoms with Crippen molar-refractivity contribution >= 4 is 18.6 Å². The van der Waals surface area contributed by atoms with E-state index in [1.54, 1.807) is 0 Å². The maximum Gasteiger partial charge on any atom is 0.290 e. The number of hydrogen-bond donors (Lipinski definition) is 2. The summed E-state index contributed by atoms with van der Waals surface area (Å²) >= 11 is 3.86. The average Bonchev–Trinajstić information content (AvgIpc) is 3.20. The molecule has 1 aromatic carbocycles. The first-order valence-electron chi connectivity index (χ1n) is 8.82. The van der Waals surface area contributed by atoms with Crippen LogP contribution in [0.4, 0.5) is 5.82 Å². The molecule has 1 aliphatic heterocycles. The van der Waals surface area contributed by atoms with Crippen molar-refractivity contribution < 1.29 is 9.94 Å². The van der Waals surface area contributed by atoms with Gasteiger partial charge in [-0.25, -0.2) is 4.98 Å². The predicted molar refractivity (Wildman–Crippen MR) is 108 cm³/mol. The van der Waals surface area contributed by atoms with Crippen molar-refractivity contribution in [3.8, 4) is 11.9 Å². The van der Waals surface area contributed by atoms with Crippen molar-refractivity contribution in [2.24, 2.45) is 0 Å². The number of ether oxygens (including phenoxy) is 1. The van der Waals surface area contributed by atoms with E-state index in [1.165, 1.54) is 58.0 Å². The summed E-state index contributed by atoms with van der Waals surface area (Å²) in [6.45, 7) is 3.63. The first-order valence-corrected chi connectivity index (χ1v) is 9.22. The zero-order valence-corrected chi connectivity index (χ0v) is 16.6. The summed E-state index contributed by atoms with van der Waals surface area (Å²) < 4.78 is 4.15. The van der Waals surface area contributed by atoms with Crippen molar-refractivity contribution in [3.05, 3.63) is 47.8 Å². The van der Waals surface area contributed by atoms with Crippen LogP contribution in [0.3, 0.4) is 0 Å². The Morgan fingerprint density at radius 1 is 1.30 bits per heavy atom. The number of nitrogens with zero attached hydrogens (tertiary/aromatic N) is 5. The van der Waals surface area contributed by atoms with Crippen LogP contribution in [0.2, 0.25) is 0 Å². The Morgan fingerprint density at radius 3 is 2.59 bits per heavy atom. The molecular weight excluding hydrogens is 362 g/mol. The van der Waals surface area contributed by atoms with Gasteiger partial charge in [-0.05, 0) is 50.0 Å². The topological polar surface area (TPSA) is 82.3 Å². The highest BCUT2D eigenvalue weighted by molar-refractivity contribution is 7.79. The van der Waals surface area contributed by atoms with Gasteiger partial charge in [-0.3, -0.25) is 0 Å². The van der Waals surface area contributed by atoms with Gasteiger partial charge in [-0.1, -0.05) is 16.2 Å². The van der Waals surface area contributed by atoms with Crippen LogP contribution in [-0.2, 0) is 6.42 Å². The lowest BCUT2D eigenvalue weighted by Crippen LogP contribution is -2.29. The molecule has 2 aromatic rings. The Hall–Kier alpha value is -2.18. The largest absolute Gasteiger partial charge is 0.480 e. The van der Waals surface area contributed by atoms with Crippen molar-refractivity contribution in [2.45, 2.75) is 19.3 Å². The van der Waals surface area contributed by atoms with Crippen LogP contribution < -0.4 is 8.79 Å². The van der Waals surface area contributed by atoms with E-state index in [2.05, 4.69) is 39.8 Å². The summed E-state index contributed by atoms with van der Waals surface area (Å²) in [4.78, 5) is 10.2. The second-order valence-electron chi connectivity index (χ2n) is 6.44. The predicted octanol–water partition coefficient (Wildman–Crippen LogP) is 2.85. The Kier molecular flexibility index (Phi) is 8.00. The van der Waals surface area contributed by atoms with E-state index < -0.39 is 4.05 Å². The molecular formula is C19H26N5O2S+. The fourth-order valence-corrected chi connectivity index (χ4v) is 2.83. The summed E-state index contributed by atoms with van der Waals surface area (Å²) in [5.74, 6) is 0.736. The summed E-state index contributed by atoms with van der Waals surface area (Å²) in [5, 5.41) is 18.1. The van der Waals surface area contributed by atoms with Crippen LogP contribution in [0.25, 0.3) is 0 Å². The summed E-state index contributed by atoms with van der Waals surface area (Å²) in [6, 6.07) is 10.1. The minimum absolute atomic E-state index is 0.333. The van der Waals surface area contributed by atoms with Gasteiger partial charge in [0.25, 0.3) is 5.82 Å². The summed E-state index contributed by atoms with van der Waals surface area (Å²) in [7, 11) is 2.96. The second-order valence-corrected chi connectivity index (χ2v) is 7.22. The van der Waals surface area contributed by atoms with Crippen molar-refractivity contribution in [3.63, 3.8) is 0 Å². The van der Waals surface area contributed by atoms with Crippen LogP contribution in [0.1, 0.15) is 24.0 Å². The zero-order chi connectivity index (χ0) is 19.7. The number of hydrogen-bond acceptors (Lipinski definition) is 7. The molecule has 27 heavy (non-hydrogen) atoms. The smallest absolute Gasteiger partial charge is 0.290 e. The molecule has 1 aromatic heterocycles. The van der Waals surface area contributed by atoms with Crippen LogP contribution in [-0.4, -0.2) is 53.9 Å². The van der Waals surface area contributed by atoms with Crippen LogP contribution in [0.15, 0.2) is 36.7 Å². The van der Waals surface area contributed by atoms with Crippen LogP contribution in [0.5, 0.6) is 5.88 Å². The molecule has 1 atom stereocenters. The van der Waals surface area contributed by atoms with E-state index in [-0.39, 0.29) is 0 Å². The van der Waals surface area contributed by atoms with E-state index in [4.69, 9.17) is 10.00 Å². The van der Waals surface area contributed by atoms with Crippen molar-refractivity contribution in [1.29, 1.82) is 5.26 Å². The van der Waals surface area contributed by atoms with Crippen molar-refractivity contribution in [2.75, 3.05) is 33.8 Å². The number of aromatic nitrogens is 2. The summed E-state index contributed by atoms with van der Waals surface area (Å²) in [6.07, 6.45) is 6.57. The lowest BCUT2D eigenvalue weighted by Gasteiger charge is -2.13. The molecule has 7 nitrogen and oxygen atoms in total. The fourth-order valence-electron chi connectivity index (χ4n) is 2.72. The molecule has 1 aliphatic rings. The molecule has 8 heteroatoms. The highest BCUT2D eigenvalue weighted by Crippen LogP contribution is 2.17. The third kappa shape index (κ3) is 7.15. The van der Waals surface area contributed by atoms with E-state index in [0.717, 1.165) is 18.5 Å². The number of nitriles is 1. The number of benzene rings is 1. The third-order valence-corrected chi connectivity index (χ3v) is 4.43. The maximum atomic E-state index is 9.31. The van der Waals surface area contributed by atoms with E-state index in [1.807, 2.05) is 18.2 Å². The summed E-state index contributed by atoms with van der Waals surface area (Å²) in [5.41, 5.74) is 2.05. The highest BCUT2D eigenvalue weighted by atomic mass is 32.1. The third-order valence-electron chi connectivity index (χ3n) is 4.23. The molecule has 0 amide bonds. The van der Waals surface area contributed by atoms with Gasteiger partial charge in [0.1, 0.15) is 26.1 Å². The molecule has 0 spiro atoms. The fraction of sp³-hybridized carbons (Fsp3) is 0.421. The molecule has 1 fully saturated rings. The van der Waals surface area contributed by atoms with E-state index in [0.29, 0.717) is 11.7 Å². The Labute approximate surface area is 165 Å². The molecule has 0 aliphatic carbocycles. The molecule has 1 unspecified atom stereocenters. The van der Waals surface area contributed by atoms with Gasteiger partial charge in [0, 0.05) is 6.54 Å². The van der Waals surface area contributed by atoms with Gasteiger partial charge < -0.3 is 9.64 Å². The lowest BCUT2D eigenvalue weighted by atomic mass is 10.1. The first-order chi connectivity index (χ1) is 12.9. The number of rotatable bonds is 5. The lowest BCUT2D eigenvalue weighted by molar-refractivity contribution is 0.0502. The maximum absolute atomic E-state index is 9.31. The van der Waals surface area contributed by atoms with Crippen LogP contribution in [0, 0.1) is 11.3 Å². The Morgan fingerprint density at radius 2 is 2.04 bits per heavy atom. The molecule has 144 valence electrons. The van der Waals surface area contributed by atoms with E-state index in [9.17, 15) is 5.21 Å². The number of hydroxylamine groups is 1. The van der Waals surface area contributed by atoms with Gasteiger partial charge in [-0.15, -0.1) is 0 Å². The normalized spacial score (nSPS) is 16.0. The molecule has 0 bridgehead atoms. The molecule has 0 saturated carbocycles. The standard InChI is InChI=1S/C13H16N2.C6H10N3O2S/c14-11-13-5-3-4-12(10-13)6-9-15-7-1-2-8-15;1-9(10,12)5-3-8-6(11-2)4-7-5/h3-5,10H,1-2,6-9H2;3-4,10,12H,1-2H3/q;+1. The first kappa shape index (κ1) is 21.1. The Balaban J connectivity index is 0.000000199. The number of likely N-dealkylation sites (tertiary alicyclic amines) is 1. The molecule has 1 saturated heterocycles. The monoisotopic (exact) mass is 388 g/mol.